The van der Waals surface area contributed by atoms with Gasteiger partial charge < -0.3 is 10.2 Å². The van der Waals surface area contributed by atoms with E-state index in [1.54, 1.807) is 43.3 Å². The van der Waals surface area contributed by atoms with Crippen molar-refractivity contribution in [2.45, 2.75) is 52.1 Å². The molecular weight excluding hydrogens is 454 g/mol. The van der Waals surface area contributed by atoms with Crippen molar-refractivity contribution in [3.05, 3.63) is 70.2 Å². The van der Waals surface area contributed by atoms with E-state index in [-0.39, 0.29) is 43.1 Å². The predicted molar refractivity (Wildman–Crippen MR) is 130 cm³/mol. The Morgan fingerprint density at radius 1 is 1.00 bits per heavy atom. The molecule has 1 N–H and O–H groups in total. The fourth-order valence-electron chi connectivity index (χ4n) is 3.90. The van der Waals surface area contributed by atoms with Gasteiger partial charge in [-0.25, -0.2) is 0 Å². The number of halogens is 1. The van der Waals surface area contributed by atoms with Gasteiger partial charge in [0.25, 0.3) is 11.8 Å². The maximum absolute atomic E-state index is 13.2. The molecule has 2 aromatic carbocycles. The molecule has 0 spiro atoms. The maximum Gasteiger partial charge on any atom is 0.261 e. The maximum atomic E-state index is 13.2. The average molecular weight is 484 g/mol. The minimum atomic E-state index is -0.695. The molecule has 0 unspecified atom stereocenters. The van der Waals surface area contributed by atoms with Gasteiger partial charge in [0.1, 0.15) is 6.04 Å². The van der Waals surface area contributed by atoms with E-state index < -0.39 is 6.04 Å². The SMILES string of the molecule is CCCCNC(=O)[C@@H](C)N(Cc1ccccc1Cl)C(=O)CCCN1C(=O)c2ccccc2C1=O. The number of amides is 4. The molecule has 8 heteroatoms. The van der Waals surface area contributed by atoms with Gasteiger partial charge in [0.15, 0.2) is 0 Å². The van der Waals surface area contributed by atoms with Crippen LogP contribution < -0.4 is 5.32 Å². The molecule has 3 rings (SSSR count). The highest BCUT2D eigenvalue weighted by Crippen LogP contribution is 2.23. The number of rotatable bonds is 11. The first-order chi connectivity index (χ1) is 16.3. The topological polar surface area (TPSA) is 86.8 Å². The average Bonchev–Trinajstić information content (AvgIpc) is 3.08. The largest absolute Gasteiger partial charge is 0.354 e. The highest BCUT2D eigenvalue weighted by Gasteiger charge is 2.35. The van der Waals surface area contributed by atoms with Gasteiger partial charge in [-0.3, -0.25) is 24.1 Å². The summed E-state index contributed by atoms with van der Waals surface area (Å²) in [6.45, 7) is 4.61. The van der Waals surface area contributed by atoms with Crippen molar-refractivity contribution in [2.75, 3.05) is 13.1 Å². The van der Waals surface area contributed by atoms with Crippen molar-refractivity contribution >= 4 is 35.2 Å². The molecule has 1 heterocycles. The van der Waals surface area contributed by atoms with Crippen molar-refractivity contribution < 1.29 is 19.2 Å². The monoisotopic (exact) mass is 483 g/mol. The van der Waals surface area contributed by atoms with Gasteiger partial charge in [-0.2, -0.15) is 0 Å². The predicted octanol–water partition coefficient (Wildman–Crippen LogP) is 4.05. The molecule has 0 saturated heterocycles. The summed E-state index contributed by atoms with van der Waals surface area (Å²) in [7, 11) is 0. The number of carbonyl (C=O) groups is 4. The first-order valence-corrected chi connectivity index (χ1v) is 12.0. The molecule has 0 radical (unpaired) electrons. The van der Waals surface area contributed by atoms with Crippen LogP contribution in [0, 0.1) is 0 Å². The van der Waals surface area contributed by atoms with Crippen LogP contribution in [-0.4, -0.2) is 52.6 Å². The van der Waals surface area contributed by atoms with E-state index >= 15 is 0 Å². The third-order valence-corrected chi connectivity index (χ3v) is 6.31. The van der Waals surface area contributed by atoms with Gasteiger partial charge in [0, 0.05) is 31.1 Å². The lowest BCUT2D eigenvalue weighted by molar-refractivity contribution is -0.140. The van der Waals surface area contributed by atoms with Crippen LogP contribution in [0.1, 0.15) is 65.8 Å². The Morgan fingerprint density at radius 3 is 2.24 bits per heavy atom. The zero-order valence-electron chi connectivity index (χ0n) is 19.6. The lowest BCUT2D eigenvalue weighted by Gasteiger charge is -2.29. The minimum absolute atomic E-state index is 0.0877. The number of nitrogens with one attached hydrogen (secondary N) is 1. The summed E-state index contributed by atoms with van der Waals surface area (Å²) in [5.74, 6) is -1.15. The van der Waals surface area contributed by atoms with Gasteiger partial charge in [0.2, 0.25) is 11.8 Å². The molecule has 0 bridgehead atoms. The van der Waals surface area contributed by atoms with Crippen LogP contribution in [0.4, 0.5) is 0 Å². The molecule has 0 saturated carbocycles. The number of unbranched alkanes of at least 4 members (excludes halogenated alkanes) is 1. The van der Waals surface area contributed by atoms with Crippen LogP contribution in [0.5, 0.6) is 0 Å². The van der Waals surface area contributed by atoms with E-state index in [1.165, 1.54) is 9.80 Å². The molecule has 34 heavy (non-hydrogen) atoms. The lowest BCUT2D eigenvalue weighted by atomic mass is 10.1. The summed E-state index contributed by atoms with van der Waals surface area (Å²) < 4.78 is 0. The Bertz CT molecular complexity index is 1040. The van der Waals surface area contributed by atoms with Crippen LogP contribution >= 0.6 is 11.6 Å². The molecule has 1 aliphatic heterocycles. The van der Waals surface area contributed by atoms with Gasteiger partial charge in [-0.05, 0) is 43.5 Å². The number of carbonyl (C=O) groups excluding carboxylic acids is 4. The van der Waals surface area contributed by atoms with Crippen molar-refractivity contribution in [1.82, 2.24) is 15.1 Å². The van der Waals surface area contributed by atoms with Crippen molar-refractivity contribution in [3.63, 3.8) is 0 Å². The van der Waals surface area contributed by atoms with Crippen LogP contribution in [0.15, 0.2) is 48.5 Å². The highest BCUT2D eigenvalue weighted by atomic mass is 35.5. The third-order valence-electron chi connectivity index (χ3n) is 5.95. The van der Waals surface area contributed by atoms with E-state index in [0.717, 1.165) is 18.4 Å². The number of nitrogens with zero attached hydrogens (tertiary/aromatic N) is 2. The molecule has 1 aliphatic rings. The Balaban J connectivity index is 1.66. The van der Waals surface area contributed by atoms with Crippen molar-refractivity contribution in [1.29, 1.82) is 0 Å². The molecule has 0 aliphatic carbocycles. The summed E-state index contributed by atoms with van der Waals surface area (Å²) in [6.07, 6.45) is 2.20. The quantitative estimate of drug-likeness (QED) is 0.386. The molecule has 7 nitrogen and oxygen atoms in total. The van der Waals surface area contributed by atoms with Crippen LogP contribution in [0.25, 0.3) is 0 Å². The molecular formula is C26H30ClN3O4. The third kappa shape index (κ3) is 5.83. The lowest BCUT2D eigenvalue weighted by Crippen LogP contribution is -2.48. The van der Waals surface area contributed by atoms with Crippen LogP contribution in [0.3, 0.4) is 0 Å². The number of hydrogen-bond acceptors (Lipinski definition) is 4. The summed E-state index contributed by atoms with van der Waals surface area (Å²) in [6, 6.07) is 13.2. The van der Waals surface area contributed by atoms with Crippen molar-refractivity contribution in [3.8, 4) is 0 Å². The van der Waals surface area contributed by atoms with Gasteiger partial charge in [-0.1, -0.05) is 55.3 Å². The summed E-state index contributed by atoms with van der Waals surface area (Å²) in [5.41, 5.74) is 1.51. The molecule has 0 aromatic heterocycles. The summed E-state index contributed by atoms with van der Waals surface area (Å²) in [5, 5.41) is 3.40. The second-order valence-electron chi connectivity index (χ2n) is 8.34. The van der Waals surface area contributed by atoms with Crippen molar-refractivity contribution in [2.24, 2.45) is 0 Å². The van der Waals surface area contributed by atoms with Gasteiger partial charge >= 0.3 is 0 Å². The first-order valence-electron chi connectivity index (χ1n) is 11.6. The Labute approximate surface area is 205 Å². The fraction of sp³-hybridized carbons (Fsp3) is 0.385. The van der Waals surface area contributed by atoms with Crippen LogP contribution in [0.2, 0.25) is 5.02 Å². The van der Waals surface area contributed by atoms with E-state index in [1.807, 2.05) is 19.1 Å². The number of hydrogen-bond donors (Lipinski definition) is 1. The van der Waals surface area contributed by atoms with E-state index in [0.29, 0.717) is 29.1 Å². The standard InChI is InChI=1S/C26H30ClN3O4/c1-3-4-15-28-24(32)18(2)30(17-19-10-5-8-13-22(19)27)23(31)14-9-16-29-25(33)20-11-6-7-12-21(20)26(29)34/h5-8,10-13,18H,3-4,9,14-17H2,1-2H3,(H,28,32)/t18-/m1/s1. The fourth-order valence-corrected chi connectivity index (χ4v) is 4.10. The highest BCUT2D eigenvalue weighted by molar-refractivity contribution is 6.31. The molecule has 180 valence electrons. The summed E-state index contributed by atoms with van der Waals surface area (Å²) in [4.78, 5) is 53.7. The minimum Gasteiger partial charge on any atom is -0.354 e. The second kappa shape index (κ2) is 11.8. The van der Waals surface area contributed by atoms with Crippen LogP contribution in [-0.2, 0) is 16.1 Å². The van der Waals surface area contributed by atoms with E-state index in [9.17, 15) is 19.2 Å². The molecule has 1 atom stereocenters. The first kappa shape index (κ1) is 25.4. The Kier molecular flexibility index (Phi) is 8.82. The second-order valence-corrected chi connectivity index (χ2v) is 8.75. The van der Waals surface area contributed by atoms with E-state index in [2.05, 4.69) is 5.32 Å². The molecule has 4 amide bonds. The number of imide groups is 1. The Morgan fingerprint density at radius 2 is 1.62 bits per heavy atom. The Hall–Kier alpha value is -3.19. The van der Waals surface area contributed by atoms with Gasteiger partial charge in [-0.15, -0.1) is 0 Å². The number of fused-ring (bicyclic) bond motifs is 1. The molecule has 0 fully saturated rings. The zero-order valence-corrected chi connectivity index (χ0v) is 20.3. The number of benzene rings is 2. The smallest absolute Gasteiger partial charge is 0.261 e. The van der Waals surface area contributed by atoms with Gasteiger partial charge in [0.05, 0.1) is 11.1 Å². The summed E-state index contributed by atoms with van der Waals surface area (Å²) >= 11 is 6.31. The molecule has 2 aromatic rings. The normalized spacial score (nSPS) is 13.6. The zero-order chi connectivity index (χ0) is 24.7. The van der Waals surface area contributed by atoms with E-state index in [4.69, 9.17) is 11.6 Å².